The van der Waals surface area contributed by atoms with Crippen molar-refractivity contribution in [2.24, 2.45) is 0 Å². The number of benzene rings is 3. The Balaban J connectivity index is 1.71. The van der Waals surface area contributed by atoms with E-state index < -0.39 is 5.82 Å². The molecule has 2 N–H and O–H groups in total. The molecule has 4 aromatic rings. The molecule has 0 bridgehead atoms. The molecule has 5 rings (SSSR count). The molecule has 2 heterocycles. The number of hydrogen-bond acceptors (Lipinski definition) is 5. The van der Waals surface area contributed by atoms with Crippen molar-refractivity contribution in [3.8, 4) is 23.1 Å². The van der Waals surface area contributed by atoms with Crippen LogP contribution in [0.1, 0.15) is 28.8 Å². The fourth-order valence-corrected chi connectivity index (χ4v) is 4.73. The number of aromatic nitrogens is 1. The van der Waals surface area contributed by atoms with Gasteiger partial charge in [0, 0.05) is 44.2 Å². The van der Waals surface area contributed by atoms with Crippen molar-refractivity contribution in [2.75, 3.05) is 39.4 Å². The SMILES string of the molecule is Cc1ccc(F)cc1Oc1c(C(=O)N2CCNCC2)c2ccccc2n1-c1ccccc1OCCCCO. The maximum absolute atomic E-state index is 14.3. The molecule has 1 aliphatic rings. The van der Waals surface area contributed by atoms with Gasteiger partial charge in [-0.05, 0) is 49.6 Å². The summed E-state index contributed by atoms with van der Waals surface area (Å²) in [6.07, 6.45) is 1.35. The molecular weight excluding hydrogens is 485 g/mol. The standard InChI is InChI=1S/C30H32FN3O4/c1-21-12-13-22(31)20-27(21)38-30-28(29(36)33-16-14-32-15-17-33)23-8-2-3-9-24(23)34(30)25-10-4-5-11-26(25)37-19-7-6-18-35/h2-5,8-13,20,32,35H,6-7,14-19H2,1H3. The second-order valence-electron chi connectivity index (χ2n) is 9.33. The average Bonchev–Trinajstić information content (AvgIpc) is 3.27. The molecule has 198 valence electrons. The lowest BCUT2D eigenvalue weighted by atomic mass is 10.1. The number of para-hydroxylation sites is 3. The van der Waals surface area contributed by atoms with Crippen molar-refractivity contribution in [1.29, 1.82) is 0 Å². The van der Waals surface area contributed by atoms with Crippen LogP contribution in [0.25, 0.3) is 16.6 Å². The lowest BCUT2D eigenvalue weighted by Crippen LogP contribution is -2.46. The Labute approximate surface area is 221 Å². The molecule has 1 aromatic heterocycles. The van der Waals surface area contributed by atoms with E-state index in [0.29, 0.717) is 74.3 Å². The number of aryl methyl sites for hydroxylation is 1. The van der Waals surface area contributed by atoms with Gasteiger partial charge in [0.1, 0.15) is 22.9 Å². The van der Waals surface area contributed by atoms with E-state index in [9.17, 15) is 9.18 Å². The molecular formula is C30H32FN3O4. The topological polar surface area (TPSA) is 76.0 Å². The van der Waals surface area contributed by atoms with Gasteiger partial charge < -0.3 is 24.8 Å². The van der Waals surface area contributed by atoms with E-state index in [0.717, 1.165) is 16.5 Å². The summed E-state index contributed by atoms with van der Waals surface area (Å²) < 4.78 is 28.8. The van der Waals surface area contributed by atoms with Crippen LogP contribution in [0.15, 0.2) is 66.7 Å². The van der Waals surface area contributed by atoms with E-state index in [1.54, 1.807) is 6.07 Å². The highest BCUT2D eigenvalue weighted by atomic mass is 19.1. The molecule has 7 nitrogen and oxygen atoms in total. The molecule has 0 radical (unpaired) electrons. The van der Waals surface area contributed by atoms with Gasteiger partial charge >= 0.3 is 0 Å². The lowest BCUT2D eigenvalue weighted by Gasteiger charge is -2.27. The molecule has 1 saturated heterocycles. The van der Waals surface area contributed by atoms with Crippen molar-refractivity contribution in [3.05, 3.63) is 83.7 Å². The summed E-state index contributed by atoms with van der Waals surface area (Å²) in [4.78, 5) is 15.9. The van der Waals surface area contributed by atoms with E-state index in [4.69, 9.17) is 14.6 Å². The van der Waals surface area contributed by atoms with Crippen molar-refractivity contribution in [1.82, 2.24) is 14.8 Å². The van der Waals surface area contributed by atoms with Crippen molar-refractivity contribution in [3.63, 3.8) is 0 Å². The highest BCUT2D eigenvalue weighted by Gasteiger charge is 2.30. The van der Waals surface area contributed by atoms with Crippen molar-refractivity contribution >= 4 is 16.8 Å². The maximum atomic E-state index is 14.3. The van der Waals surface area contributed by atoms with Gasteiger partial charge in [-0.3, -0.25) is 9.36 Å². The smallest absolute Gasteiger partial charge is 0.260 e. The number of ether oxygens (including phenoxy) is 2. The first-order chi connectivity index (χ1) is 18.6. The van der Waals surface area contributed by atoms with Gasteiger partial charge in [0.25, 0.3) is 5.91 Å². The summed E-state index contributed by atoms with van der Waals surface area (Å²) in [7, 11) is 0. The molecule has 3 aromatic carbocycles. The minimum Gasteiger partial charge on any atom is -0.491 e. The van der Waals surface area contributed by atoms with E-state index in [1.165, 1.54) is 12.1 Å². The maximum Gasteiger partial charge on any atom is 0.260 e. The summed E-state index contributed by atoms with van der Waals surface area (Å²) in [5.41, 5.74) is 2.66. The molecule has 38 heavy (non-hydrogen) atoms. The summed E-state index contributed by atoms with van der Waals surface area (Å²) in [5, 5.41) is 13.2. The van der Waals surface area contributed by atoms with Crippen LogP contribution < -0.4 is 14.8 Å². The van der Waals surface area contributed by atoms with Crippen LogP contribution in [0.2, 0.25) is 0 Å². The van der Waals surface area contributed by atoms with E-state index in [1.807, 2.05) is 64.9 Å². The first kappa shape index (κ1) is 25.8. The van der Waals surface area contributed by atoms with Crippen molar-refractivity contribution in [2.45, 2.75) is 19.8 Å². The molecule has 0 spiro atoms. The molecule has 0 unspecified atom stereocenters. The van der Waals surface area contributed by atoms with Crippen LogP contribution in [0, 0.1) is 12.7 Å². The third kappa shape index (κ3) is 5.23. The van der Waals surface area contributed by atoms with Crippen LogP contribution in [-0.4, -0.2) is 59.9 Å². The van der Waals surface area contributed by atoms with Gasteiger partial charge in [-0.1, -0.05) is 36.4 Å². The summed E-state index contributed by atoms with van der Waals surface area (Å²) >= 11 is 0. The molecule has 0 aliphatic carbocycles. The van der Waals surface area contributed by atoms with Gasteiger partial charge in [-0.2, -0.15) is 0 Å². The number of aliphatic hydroxyl groups is 1. The Kier molecular flexibility index (Phi) is 7.91. The number of aliphatic hydroxyl groups excluding tert-OH is 1. The Morgan fingerprint density at radius 3 is 2.58 bits per heavy atom. The minimum atomic E-state index is -0.421. The molecule has 1 fully saturated rings. The predicted octanol–water partition coefficient (Wildman–Crippen LogP) is 5.07. The first-order valence-corrected chi connectivity index (χ1v) is 13.0. The van der Waals surface area contributed by atoms with Crippen LogP contribution in [0.3, 0.4) is 0 Å². The zero-order chi connectivity index (χ0) is 26.5. The van der Waals surface area contributed by atoms with Crippen LogP contribution in [0.5, 0.6) is 17.4 Å². The summed E-state index contributed by atoms with van der Waals surface area (Å²) in [5.74, 6) is 0.718. The average molecular weight is 518 g/mol. The third-order valence-corrected chi connectivity index (χ3v) is 6.72. The second kappa shape index (κ2) is 11.7. The number of carbonyl (C=O) groups excluding carboxylic acids is 1. The van der Waals surface area contributed by atoms with Crippen LogP contribution >= 0.6 is 0 Å². The van der Waals surface area contributed by atoms with Gasteiger partial charge in [0.2, 0.25) is 5.88 Å². The third-order valence-electron chi connectivity index (χ3n) is 6.72. The highest BCUT2D eigenvalue weighted by Crippen LogP contribution is 2.41. The van der Waals surface area contributed by atoms with E-state index in [-0.39, 0.29) is 12.5 Å². The molecule has 1 aliphatic heterocycles. The number of rotatable bonds is 9. The highest BCUT2D eigenvalue weighted by molar-refractivity contribution is 6.10. The Bertz CT molecular complexity index is 1430. The van der Waals surface area contributed by atoms with Crippen LogP contribution in [0.4, 0.5) is 4.39 Å². The number of amides is 1. The molecule has 0 atom stereocenters. The first-order valence-electron chi connectivity index (χ1n) is 13.0. The normalized spacial score (nSPS) is 13.6. The number of unbranched alkanes of at least 4 members (excludes halogenated alkanes) is 1. The Hall–Kier alpha value is -3.88. The summed E-state index contributed by atoms with van der Waals surface area (Å²) in [6.45, 7) is 4.99. The van der Waals surface area contributed by atoms with Gasteiger partial charge in [0.15, 0.2) is 0 Å². The number of piperazine rings is 1. The number of fused-ring (bicyclic) bond motifs is 1. The fraction of sp³-hybridized carbons (Fsp3) is 0.300. The fourth-order valence-electron chi connectivity index (χ4n) is 4.73. The zero-order valence-corrected chi connectivity index (χ0v) is 21.5. The van der Waals surface area contributed by atoms with Crippen molar-refractivity contribution < 1.29 is 23.8 Å². The monoisotopic (exact) mass is 517 g/mol. The zero-order valence-electron chi connectivity index (χ0n) is 21.5. The van der Waals surface area contributed by atoms with Gasteiger partial charge in [-0.25, -0.2) is 4.39 Å². The quantitative estimate of drug-likeness (QED) is 0.303. The van der Waals surface area contributed by atoms with Gasteiger partial charge in [0.05, 0.1) is 17.8 Å². The largest absolute Gasteiger partial charge is 0.491 e. The minimum absolute atomic E-state index is 0.107. The van der Waals surface area contributed by atoms with E-state index >= 15 is 0 Å². The number of nitrogens with one attached hydrogen (secondary N) is 1. The molecule has 1 amide bonds. The number of nitrogens with zero attached hydrogens (tertiary/aromatic N) is 2. The number of carbonyl (C=O) groups is 1. The van der Waals surface area contributed by atoms with Gasteiger partial charge in [-0.15, -0.1) is 0 Å². The lowest BCUT2D eigenvalue weighted by molar-refractivity contribution is 0.0735. The second-order valence-corrected chi connectivity index (χ2v) is 9.33. The summed E-state index contributed by atoms with van der Waals surface area (Å²) in [6, 6.07) is 19.6. The number of hydrogen-bond donors (Lipinski definition) is 2. The number of halogens is 1. The molecule has 8 heteroatoms. The molecule has 0 saturated carbocycles. The predicted molar refractivity (Wildman–Crippen MR) is 145 cm³/mol. The van der Waals surface area contributed by atoms with E-state index in [2.05, 4.69) is 5.32 Å². The Morgan fingerprint density at radius 1 is 1.00 bits per heavy atom. The van der Waals surface area contributed by atoms with Crippen LogP contribution in [-0.2, 0) is 0 Å². The Morgan fingerprint density at radius 2 is 1.76 bits per heavy atom.